The molecule has 6 nitrogen and oxygen atoms in total. The second-order valence-electron chi connectivity index (χ2n) is 4.08. The summed E-state index contributed by atoms with van der Waals surface area (Å²) in [6.07, 6.45) is 1.63. The molecule has 0 bridgehead atoms. The highest BCUT2D eigenvalue weighted by Gasteiger charge is 2.27. The van der Waals surface area contributed by atoms with Crippen molar-refractivity contribution in [1.29, 1.82) is 0 Å². The summed E-state index contributed by atoms with van der Waals surface area (Å²) in [5.41, 5.74) is 0. The number of nitrogens with one attached hydrogen (secondary N) is 2. The molecule has 7 heteroatoms. The molecule has 1 saturated heterocycles. The lowest BCUT2D eigenvalue weighted by Crippen LogP contribution is -2.35. The van der Waals surface area contributed by atoms with Gasteiger partial charge in [0.25, 0.3) is 0 Å². The second-order valence-corrected chi connectivity index (χ2v) is 5.40. The van der Waals surface area contributed by atoms with Crippen molar-refractivity contribution in [2.45, 2.75) is 38.0 Å². The normalized spacial score (nSPS) is 20.2. The number of ether oxygens (including phenoxy) is 1. The smallest absolute Gasteiger partial charge is 0.330 e. The van der Waals surface area contributed by atoms with Gasteiger partial charge in [-0.15, -0.1) is 11.8 Å². The van der Waals surface area contributed by atoms with Gasteiger partial charge in [0.1, 0.15) is 11.3 Å². The Morgan fingerprint density at radius 1 is 1.50 bits per heavy atom. The maximum Gasteiger partial charge on any atom is 0.330 e. The van der Waals surface area contributed by atoms with Crippen LogP contribution < -0.4 is 10.6 Å². The van der Waals surface area contributed by atoms with Gasteiger partial charge in [0.15, 0.2) is 0 Å². The molecular formula is C11H18N2O4S. The molecule has 2 N–H and O–H groups in total. The molecule has 0 aromatic heterocycles. The highest BCUT2D eigenvalue weighted by molar-refractivity contribution is 8.00. The summed E-state index contributed by atoms with van der Waals surface area (Å²) in [4.78, 5) is 33.8. The van der Waals surface area contributed by atoms with Crippen molar-refractivity contribution in [3.8, 4) is 0 Å². The number of carbonyl (C=O) groups is 3. The first-order valence-electron chi connectivity index (χ1n) is 5.85. The van der Waals surface area contributed by atoms with Crippen LogP contribution in [0, 0.1) is 0 Å². The van der Waals surface area contributed by atoms with E-state index in [1.165, 1.54) is 18.7 Å². The van der Waals surface area contributed by atoms with E-state index >= 15 is 0 Å². The molecule has 0 spiro atoms. The molecule has 2 atom stereocenters. The van der Waals surface area contributed by atoms with Gasteiger partial charge >= 0.3 is 11.9 Å². The molecule has 1 aliphatic heterocycles. The Hall–Kier alpha value is -1.08. The summed E-state index contributed by atoms with van der Waals surface area (Å²) in [6.45, 7) is 3.82. The van der Waals surface area contributed by atoms with Gasteiger partial charge in [-0.1, -0.05) is 0 Å². The Bertz CT molecular complexity index is 329. The summed E-state index contributed by atoms with van der Waals surface area (Å²) < 4.78 is 4.78. The summed E-state index contributed by atoms with van der Waals surface area (Å²) >= 11 is 1.22. The van der Waals surface area contributed by atoms with E-state index in [0.29, 0.717) is 12.3 Å². The van der Waals surface area contributed by atoms with Crippen LogP contribution in [-0.4, -0.2) is 41.6 Å². The van der Waals surface area contributed by atoms with Gasteiger partial charge in [0.2, 0.25) is 5.91 Å². The van der Waals surface area contributed by atoms with Crippen LogP contribution in [0.15, 0.2) is 0 Å². The quantitative estimate of drug-likeness (QED) is 0.418. The number of thioether (sulfide) groups is 1. The Labute approximate surface area is 110 Å². The third-order valence-electron chi connectivity index (χ3n) is 2.53. The van der Waals surface area contributed by atoms with Crippen LogP contribution in [0.1, 0.15) is 26.7 Å². The van der Waals surface area contributed by atoms with E-state index in [2.05, 4.69) is 10.6 Å². The largest absolute Gasteiger partial charge is 0.391 e. The van der Waals surface area contributed by atoms with Gasteiger partial charge in [0, 0.05) is 6.92 Å². The van der Waals surface area contributed by atoms with Crippen LogP contribution in [0.2, 0.25) is 0 Å². The lowest BCUT2D eigenvalue weighted by atomic mass is 10.2. The van der Waals surface area contributed by atoms with E-state index in [1.54, 1.807) is 6.92 Å². The molecule has 102 valence electrons. The van der Waals surface area contributed by atoms with Gasteiger partial charge in [0.05, 0.1) is 5.88 Å². The van der Waals surface area contributed by atoms with E-state index in [4.69, 9.17) is 4.74 Å². The molecule has 1 unspecified atom stereocenters. The molecule has 1 heterocycles. The van der Waals surface area contributed by atoms with E-state index < -0.39 is 17.2 Å². The molecule has 1 aliphatic rings. The van der Waals surface area contributed by atoms with Gasteiger partial charge < -0.3 is 15.4 Å². The van der Waals surface area contributed by atoms with Crippen molar-refractivity contribution < 1.29 is 19.1 Å². The third kappa shape index (κ3) is 5.05. The highest BCUT2D eigenvalue weighted by atomic mass is 32.2. The SMILES string of the molecule is CC(=O)NCSC(C)C(=O)OC(=O)[C@@H]1CCCN1. The fourth-order valence-electron chi connectivity index (χ4n) is 1.48. The van der Waals surface area contributed by atoms with E-state index in [9.17, 15) is 14.4 Å². The zero-order chi connectivity index (χ0) is 13.5. The molecular weight excluding hydrogens is 256 g/mol. The lowest BCUT2D eigenvalue weighted by molar-refractivity contribution is -0.160. The van der Waals surface area contributed by atoms with E-state index in [-0.39, 0.29) is 11.9 Å². The fraction of sp³-hybridized carbons (Fsp3) is 0.727. The molecule has 0 aliphatic carbocycles. The predicted molar refractivity (Wildman–Crippen MR) is 67.9 cm³/mol. The average molecular weight is 274 g/mol. The topological polar surface area (TPSA) is 84.5 Å². The van der Waals surface area contributed by atoms with E-state index in [1.807, 2.05) is 0 Å². The summed E-state index contributed by atoms with van der Waals surface area (Å²) in [5.74, 6) is -0.913. The number of esters is 2. The maximum absolute atomic E-state index is 11.6. The van der Waals surface area contributed by atoms with Gasteiger partial charge in [-0.3, -0.25) is 9.59 Å². The monoisotopic (exact) mass is 274 g/mol. The second kappa shape index (κ2) is 7.38. The van der Waals surface area contributed by atoms with Gasteiger partial charge in [-0.25, -0.2) is 4.79 Å². The van der Waals surface area contributed by atoms with Crippen molar-refractivity contribution in [2.75, 3.05) is 12.4 Å². The zero-order valence-corrected chi connectivity index (χ0v) is 11.3. The number of rotatable bonds is 5. The Morgan fingerprint density at radius 2 is 2.22 bits per heavy atom. The number of amides is 1. The van der Waals surface area contributed by atoms with Crippen LogP contribution >= 0.6 is 11.8 Å². The molecule has 0 aromatic carbocycles. The van der Waals surface area contributed by atoms with Crippen molar-refractivity contribution in [1.82, 2.24) is 10.6 Å². The minimum Gasteiger partial charge on any atom is -0.391 e. The molecule has 0 saturated carbocycles. The minimum absolute atomic E-state index is 0.158. The Morgan fingerprint density at radius 3 is 2.78 bits per heavy atom. The fourth-order valence-corrected chi connectivity index (χ4v) is 2.20. The Balaban J connectivity index is 2.25. The molecule has 1 rings (SSSR count). The minimum atomic E-state index is -0.566. The molecule has 1 amide bonds. The zero-order valence-electron chi connectivity index (χ0n) is 10.5. The molecule has 0 radical (unpaired) electrons. The first kappa shape index (κ1) is 15.0. The standard InChI is InChI=1S/C11H18N2O4S/c1-7(18-6-13-8(2)14)10(15)17-11(16)9-4-3-5-12-9/h7,9,12H,3-6H2,1-2H3,(H,13,14)/t7?,9-/m0/s1. The highest BCUT2D eigenvalue weighted by Crippen LogP contribution is 2.12. The summed E-state index contributed by atoms with van der Waals surface area (Å²) in [6, 6.07) is -0.360. The molecule has 18 heavy (non-hydrogen) atoms. The van der Waals surface area contributed by atoms with Crippen molar-refractivity contribution in [3.05, 3.63) is 0 Å². The number of hydrogen-bond acceptors (Lipinski definition) is 6. The number of hydrogen-bond donors (Lipinski definition) is 2. The molecule has 0 aromatic rings. The lowest BCUT2D eigenvalue weighted by Gasteiger charge is -2.12. The maximum atomic E-state index is 11.6. The third-order valence-corrected chi connectivity index (χ3v) is 3.54. The first-order valence-corrected chi connectivity index (χ1v) is 6.90. The molecule has 1 fully saturated rings. The first-order chi connectivity index (χ1) is 8.50. The van der Waals surface area contributed by atoms with Crippen molar-refractivity contribution in [2.24, 2.45) is 0 Å². The van der Waals surface area contributed by atoms with Crippen LogP contribution in [0.25, 0.3) is 0 Å². The van der Waals surface area contributed by atoms with Crippen molar-refractivity contribution >= 4 is 29.6 Å². The van der Waals surface area contributed by atoms with Crippen molar-refractivity contribution in [3.63, 3.8) is 0 Å². The number of carbonyl (C=O) groups excluding carboxylic acids is 3. The summed E-state index contributed by atoms with van der Waals surface area (Å²) in [5, 5.41) is 5.04. The van der Waals surface area contributed by atoms with Crippen LogP contribution in [0.4, 0.5) is 0 Å². The van der Waals surface area contributed by atoms with Crippen LogP contribution in [-0.2, 0) is 19.1 Å². The average Bonchev–Trinajstić information content (AvgIpc) is 2.81. The summed E-state index contributed by atoms with van der Waals surface area (Å²) in [7, 11) is 0. The van der Waals surface area contributed by atoms with Gasteiger partial charge in [-0.05, 0) is 26.3 Å². The Kier molecular flexibility index (Phi) is 6.14. The van der Waals surface area contributed by atoms with Crippen LogP contribution in [0.3, 0.4) is 0 Å². The van der Waals surface area contributed by atoms with Gasteiger partial charge in [-0.2, -0.15) is 0 Å². The van der Waals surface area contributed by atoms with E-state index in [0.717, 1.165) is 13.0 Å². The van der Waals surface area contributed by atoms with Crippen LogP contribution in [0.5, 0.6) is 0 Å². The predicted octanol–water partition coefficient (Wildman–Crippen LogP) is 0.0235.